The molecule has 2 aromatic rings. The molecule has 0 atom stereocenters. The van der Waals surface area contributed by atoms with E-state index in [1.165, 1.54) is 30.4 Å². The van der Waals surface area contributed by atoms with E-state index in [-0.39, 0.29) is 0 Å². The van der Waals surface area contributed by atoms with Crippen molar-refractivity contribution < 1.29 is 0 Å². The number of nitrogen functional groups attached to an aromatic ring is 1. The second-order valence-electron chi connectivity index (χ2n) is 5.74. The van der Waals surface area contributed by atoms with Gasteiger partial charge in [-0.1, -0.05) is 11.3 Å². The maximum absolute atomic E-state index is 5.79. The predicted molar refractivity (Wildman–Crippen MR) is 76.9 cm³/mol. The SMILES string of the molecule is Nc1ccc2nc(NCC3(C4CC4)CC3)sc2c1. The quantitative estimate of drug-likeness (QED) is 0.826. The molecule has 1 heterocycles. The highest BCUT2D eigenvalue weighted by Gasteiger charge is 2.53. The van der Waals surface area contributed by atoms with E-state index in [4.69, 9.17) is 5.73 Å². The number of hydrogen-bond acceptors (Lipinski definition) is 4. The van der Waals surface area contributed by atoms with Crippen LogP contribution in [0.4, 0.5) is 10.8 Å². The lowest BCUT2D eigenvalue weighted by Gasteiger charge is -2.13. The lowest BCUT2D eigenvalue weighted by atomic mass is 10.0. The van der Waals surface area contributed by atoms with Crippen molar-refractivity contribution in [1.29, 1.82) is 0 Å². The third kappa shape index (κ3) is 1.75. The van der Waals surface area contributed by atoms with Gasteiger partial charge in [-0.2, -0.15) is 0 Å². The van der Waals surface area contributed by atoms with Crippen LogP contribution >= 0.6 is 11.3 Å². The van der Waals surface area contributed by atoms with Crippen LogP contribution in [0.5, 0.6) is 0 Å². The Morgan fingerprint density at radius 2 is 2.22 bits per heavy atom. The molecule has 2 saturated carbocycles. The summed E-state index contributed by atoms with van der Waals surface area (Å²) < 4.78 is 1.17. The zero-order valence-corrected chi connectivity index (χ0v) is 11.1. The van der Waals surface area contributed by atoms with Crippen LogP contribution < -0.4 is 11.1 Å². The molecule has 1 aromatic heterocycles. The molecular weight excluding hydrogens is 242 g/mol. The van der Waals surface area contributed by atoms with E-state index in [1.54, 1.807) is 11.3 Å². The number of nitrogens with zero attached hydrogens (tertiary/aromatic N) is 1. The van der Waals surface area contributed by atoms with Gasteiger partial charge in [-0.05, 0) is 55.2 Å². The molecule has 3 N–H and O–H groups in total. The topological polar surface area (TPSA) is 50.9 Å². The fraction of sp³-hybridized carbons (Fsp3) is 0.500. The smallest absolute Gasteiger partial charge is 0.183 e. The van der Waals surface area contributed by atoms with Crippen molar-refractivity contribution in [1.82, 2.24) is 4.98 Å². The number of hydrogen-bond donors (Lipinski definition) is 2. The third-order valence-corrected chi connectivity index (χ3v) is 5.32. The van der Waals surface area contributed by atoms with Gasteiger partial charge in [0.2, 0.25) is 0 Å². The van der Waals surface area contributed by atoms with Gasteiger partial charge >= 0.3 is 0 Å². The largest absolute Gasteiger partial charge is 0.399 e. The summed E-state index contributed by atoms with van der Waals surface area (Å²) in [6, 6.07) is 5.92. The lowest BCUT2D eigenvalue weighted by Crippen LogP contribution is -2.17. The molecule has 0 unspecified atom stereocenters. The van der Waals surface area contributed by atoms with Crippen LogP contribution in [-0.2, 0) is 0 Å². The average Bonchev–Trinajstić information content (AvgIpc) is 3.22. The van der Waals surface area contributed by atoms with E-state index < -0.39 is 0 Å². The Hall–Kier alpha value is -1.29. The number of thiazole rings is 1. The monoisotopic (exact) mass is 259 g/mol. The first kappa shape index (κ1) is 10.6. The first-order valence-corrected chi connectivity index (χ1v) is 7.47. The number of benzene rings is 1. The second kappa shape index (κ2) is 3.60. The number of fused-ring (bicyclic) bond motifs is 1. The molecule has 2 fully saturated rings. The van der Waals surface area contributed by atoms with E-state index >= 15 is 0 Å². The number of nitrogens with one attached hydrogen (secondary N) is 1. The Morgan fingerprint density at radius 3 is 2.94 bits per heavy atom. The summed E-state index contributed by atoms with van der Waals surface area (Å²) in [5, 5.41) is 4.59. The molecule has 94 valence electrons. The molecule has 3 nitrogen and oxygen atoms in total. The van der Waals surface area contributed by atoms with Crippen molar-refractivity contribution in [2.24, 2.45) is 11.3 Å². The first-order chi connectivity index (χ1) is 8.75. The Labute approximate surface area is 110 Å². The van der Waals surface area contributed by atoms with Crippen LogP contribution in [0.3, 0.4) is 0 Å². The number of rotatable bonds is 4. The van der Waals surface area contributed by atoms with E-state index in [0.29, 0.717) is 5.41 Å². The molecule has 2 aliphatic rings. The molecule has 4 heteroatoms. The molecular formula is C14H17N3S. The fourth-order valence-electron chi connectivity index (χ4n) is 2.85. The fourth-order valence-corrected chi connectivity index (χ4v) is 3.76. The van der Waals surface area contributed by atoms with Gasteiger partial charge in [0.05, 0.1) is 10.2 Å². The van der Waals surface area contributed by atoms with Gasteiger partial charge in [0.25, 0.3) is 0 Å². The maximum Gasteiger partial charge on any atom is 0.183 e. The number of nitrogens with two attached hydrogens (primary N) is 1. The molecule has 0 radical (unpaired) electrons. The minimum atomic E-state index is 0.622. The summed E-state index contributed by atoms with van der Waals surface area (Å²) in [5.41, 5.74) is 8.28. The average molecular weight is 259 g/mol. The molecule has 0 bridgehead atoms. The summed E-state index contributed by atoms with van der Waals surface area (Å²) in [5.74, 6) is 0.995. The molecule has 1 aromatic carbocycles. The van der Waals surface area contributed by atoms with Crippen LogP contribution in [0.1, 0.15) is 25.7 Å². The van der Waals surface area contributed by atoms with Crippen LogP contribution in [-0.4, -0.2) is 11.5 Å². The van der Waals surface area contributed by atoms with Gasteiger partial charge in [0.15, 0.2) is 5.13 Å². The van der Waals surface area contributed by atoms with Crippen molar-refractivity contribution in [2.45, 2.75) is 25.7 Å². The standard InChI is InChI=1S/C14H17N3S/c15-10-3-4-11-12(7-10)18-13(17-11)16-8-14(5-6-14)9-1-2-9/h3-4,7,9H,1-2,5-6,8,15H2,(H,16,17). The van der Waals surface area contributed by atoms with Crippen molar-refractivity contribution in [2.75, 3.05) is 17.6 Å². The molecule has 18 heavy (non-hydrogen) atoms. The Kier molecular flexibility index (Phi) is 2.13. The van der Waals surface area contributed by atoms with E-state index in [0.717, 1.165) is 28.8 Å². The van der Waals surface area contributed by atoms with Gasteiger partial charge in [0, 0.05) is 12.2 Å². The van der Waals surface area contributed by atoms with E-state index in [2.05, 4.69) is 10.3 Å². The molecule has 2 aliphatic carbocycles. The summed E-state index contributed by atoms with van der Waals surface area (Å²) in [6.07, 6.45) is 5.70. The minimum Gasteiger partial charge on any atom is -0.399 e. The third-order valence-electron chi connectivity index (χ3n) is 4.34. The summed E-state index contributed by atoms with van der Waals surface area (Å²) in [7, 11) is 0. The van der Waals surface area contributed by atoms with Crippen molar-refractivity contribution in [3.05, 3.63) is 18.2 Å². The van der Waals surface area contributed by atoms with Crippen molar-refractivity contribution in [3.63, 3.8) is 0 Å². The Balaban J connectivity index is 1.52. The van der Waals surface area contributed by atoms with Crippen LogP contribution in [0.15, 0.2) is 18.2 Å². The molecule has 0 saturated heterocycles. The van der Waals surface area contributed by atoms with E-state index in [1.807, 2.05) is 18.2 Å². The van der Waals surface area contributed by atoms with Crippen LogP contribution in [0.2, 0.25) is 0 Å². The normalized spacial score (nSPS) is 21.1. The van der Waals surface area contributed by atoms with Crippen LogP contribution in [0, 0.1) is 11.3 Å². The highest BCUT2D eigenvalue weighted by molar-refractivity contribution is 7.22. The van der Waals surface area contributed by atoms with Gasteiger partial charge in [0.1, 0.15) is 0 Å². The molecule has 0 aliphatic heterocycles. The number of aromatic nitrogens is 1. The first-order valence-electron chi connectivity index (χ1n) is 6.65. The summed E-state index contributed by atoms with van der Waals surface area (Å²) in [6.45, 7) is 1.10. The maximum atomic E-state index is 5.79. The minimum absolute atomic E-state index is 0.622. The van der Waals surface area contributed by atoms with Crippen molar-refractivity contribution in [3.8, 4) is 0 Å². The van der Waals surface area contributed by atoms with E-state index in [9.17, 15) is 0 Å². The van der Waals surface area contributed by atoms with Gasteiger partial charge in [-0.15, -0.1) is 0 Å². The zero-order valence-electron chi connectivity index (χ0n) is 10.3. The molecule has 0 spiro atoms. The molecule has 4 rings (SSSR count). The van der Waals surface area contributed by atoms with Gasteiger partial charge in [-0.25, -0.2) is 4.98 Å². The number of anilines is 2. The summed E-state index contributed by atoms with van der Waals surface area (Å²) in [4.78, 5) is 4.62. The van der Waals surface area contributed by atoms with Gasteiger partial charge < -0.3 is 11.1 Å². The second-order valence-corrected chi connectivity index (χ2v) is 6.77. The lowest BCUT2D eigenvalue weighted by molar-refractivity contribution is 0.467. The van der Waals surface area contributed by atoms with Gasteiger partial charge in [-0.3, -0.25) is 0 Å². The Bertz CT molecular complexity index is 596. The highest BCUT2D eigenvalue weighted by Crippen LogP contribution is 2.61. The zero-order chi connectivity index (χ0) is 12.2. The van der Waals surface area contributed by atoms with Crippen molar-refractivity contribution >= 4 is 32.4 Å². The summed E-state index contributed by atoms with van der Waals surface area (Å²) >= 11 is 1.71. The van der Waals surface area contributed by atoms with Crippen LogP contribution in [0.25, 0.3) is 10.2 Å². The predicted octanol–water partition coefficient (Wildman–Crippen LogP) is 3.48. The Morgan fingerprint density at radius 1 is 1.39 bits per heavy atom. The highest BCUT2D eigenvalue weighted by atomic mass is 32.1. The molecule has 0 amide bonds.